The van der Waals surface area contributed by atoms with Crippen molar-refractivity contribution < 1.29 is 23.9 Å². The van der Waals surface area contributed by atoms with Gasteiger partial charge < -0.3 is 36.1 Å². The zero-order valence-electron chi connectivity index (χ0n) is 18.4. The fraction of sp³-hybridized carbons (Fsp3) is 0.650. The molecule has 4 rings (SSSR count). The first kappa shape index (κ1) is 23.4. The second-order valence-electron chi connectivity index (χ2n) is 8.09. The molecule has 4 atom stereocenters. The summed E-state index contributed by atoms with van der Waals surface area (Å²) in [7, 11) is 6.94. The summed E-state index contributed by atoms with van der Waals surface area (Å²) in [5, 5.41) is 9.62. The number of rotatable bonds is 11. The molecule has 0 aromatic carbocycles. The number of Topliss-reactive ketones (excluding diaryl/α,β-unsaturated/α-hetero) is 2. The number of hydrogen-bond acceptors (Lipinski definition) is 11. The van der Waals surface area contributed by atoms with Gasteiger partial charge in [-0.25, -0.2) is 4.79 Å². The largest absolute Gasteiger partial charge is 0.449 e. The average molecular weight is 484 g/mol. The number of ketones is 2. The van der Waals surface area contributed by atoms with Crippen LogP contribution < -0.4 is 21.7 Å². The number of fused-ring (bicyclic) bond motifs is 4. The van der Waals surface area contributed by atoms with E-state index < -0.39 is 17.7 Å². The highest BCUT2D eigenvalue weighted by Gasteiger charge is 2.72. The lowest BCUT2D eigenvalue weighted by molar-refractivity contribution is -0.137. The molecule has 10 nitrogen and oxygen atoms in total. The van der Waals surface area contributed by atoms with Crippen molar-refractivity contribution in [3.63, 3.8) is 0 Å². The smallest absolute Gasteiger partial charge is 0.404 e. The first-order valence-corrected chi connectivity index (χ1v) is 13.1. The SMILES string of the molecule is CNCCSSCCNC1=C(C)C(=O)C2=C(C1=O)C(COC(N)=O)[C@@]1(OC)C3NC3CN21. The number of nitrogens with two attached hydrogens (primary N) is 1. The zero-order valence-corrected chi connectivity index (χ0v) is 20.0. The Hall–Kier alpha value is -1.73. The maximum absolute atomic E-state index is 13.6. The molecule has 1 amide bonds. The topological polar surface area (TPSA) is 145 Å². The first-order valence-electron chi connectivity index (χ1n) is 10.6. The van der Waals surface area contributed by atoms with Gasteiger partial charge in [0, 0.05) is 55.4 Å². The Labute approximate surface area is 194 Å². The molecule has 0 radical (unpaired) electrons. The van der Waals surface area contributed by atoms with Gasteiger partial charge in [0.25, 0.3) is 0 Å². The molecule has 12 heteroatoms. The van der Waals surface area contributed by atoms with Crippen LogP contribution in [0.2, 0.25) is 0 Å². The van der Waals surface area contributed by atoms with E-state index in [0.29, 0.717) is 35.6 Å². The third-order valence-electron chi connectivity index (χ3n) is 6.43. The highest BCUT2D eigenvalue weighted by molar-refractivity contribution is 8.76. The van der Waals surface area contributed by atoms with Crippen LogP contribution in [0.3, 0.4) is 0 Å². The summed E-state index contributed by atoms with van der Waals surface area (Å²) < 4.78 is 11.1. The zero-order chi connectivity index (χ0) is 23.0. The Morgan fingerprint density at radius 1 is 1.28 bits per heavy atom. The Kier molecular flexibility index (Phi) is 6.78. The standard InChI is InChI=1S/C20H29N5O5S2/c1-10-14(23-5-7-32-31-6-4-22-2)17(27)13-11(9-30-19(21)28)20(29-3)18-12(24-18)8-25(20)15(13)16(10)26/h11-12,18,22-24H,4-9H2,1-3H3,(H2,21,28)/t11?,12?,18?,20-/m1/s1. The number of primary amides is 1. The summed E-state index contributed by atoms with van der Waals surface area (Å²) in [5.41, 5.74) is 5.68. The van der Waals surface area contributed by atoms with Gasteiger partial charge in [-0.15, -0.1) is 0 Å². The van der Waals surface area contributed by atoms with Crippen LogP contribution in [0.25, 0.3) is 0 Å². The fourth-order valence-electron chi connectivity index (χ4n) is 4.98. The average Bonchev–Trinajstić information content (AvgIpc) is 3.38. The molecule has 3 heterocycles. The van der Waals surface area contributed by atoms with Gasteiger partial charge in [0.2, 0.25) is 11.6 Å². The van der Waals surface area contributed by atoms with E-state index >= 15 is 0 Å². The van der Waals surface area contributed by atoms with E-state index in [9.17, 15) is 14.4 Å². The maximum atomic E-state index is 13.6. The Balaban J connectivity index is 1.54. The van der Waals surface area contributed by atoms with Gasteiger partial charge in [0.05, 0.1) is 23.4 Å². The number of carbonyl (C=O) groups excluding carboxylic acids is 3. The normalized spacial score (nSPS) is 30.5. The van der Waals surface area contributed by atoms with Crippen molar-refractivity contribution in [2.75, 3.05) is 51.9 Å². The number of nitrogens with zero attached hydrogens (tertiary/aromatic N) is 1. The minimum absolute atomic E-state index is 0.0528. The molecule has 0 saturated carbocycles. The van der Waals surface area contributed by atoms with E-state index in [1.807, 2.05) is 11.9 Å². The van der Waals surface area contributed by atoms with Crippen LogP contribution in [0.4, 0.5) is 4.79 Å². The lowest BCUT2D eigenvalue weighted by Crippen LogP contribution is -2.55. The van der Waals surface area contributed by atoms with Crippen LogP contribution in [0, 0.1) is 5.92 Å². The molecular formula is C20H29N5O5S2. The molecule has 0 spiro atoms. The quantitative estimate of drug-likeness (QED) is 0.132. The molecule has 0 aromatic heterocycles. The molecule has 2 fully saturated rings. The molecule has 3 unspecified atom stereocenters. The molecule has 4 aliphatic rings. The molecule has 32 heavy (non-hydrogen) atoms. The summed E-state index contributed by atoms with van der Waals surface area (Å²) in [4.78, 5) is 40.3. The number of ether oxygens (including phenoxy) is 2. The summed E-state index contributed by atoms with van der Waals surface area (Å²) in [6, 6.07) is 0.118. The fourth-order valence-corrected chi connectivity index (χ4v) is 6.90. The lowest BCUT2D eigenvalue weighted by Gasteiger charge is -2.39. The molecule has 1 aliphatic carbocycles. The first-order chi connectivity index (χ1) is 15.4. The van der Waals surface area contributed by atoms with Crippen LogP contribution in [0.1, 0.15) is 6.92 Å². The van der Waals surface area contributed by atoms with Crippen LogP contribution in [0.5, 0.6) is 0 Å². The van der Waals surface area contributed by atoms with E-state index in [-0.39, 0.29) is 30.3 Å². The molecule has 0 aromatic rings. The van der Waals surface area contributed by atoms with E-state index in [1.165, 1.54) is 0 Å². The number of carbonyl (C=O) groups is 3. The second kappa shape index (κ2) is 9.26. The molecule has 0 bridgehead atoms. The van der Waals surface area contributed by atoms with Crippen molar-refractivity contribution in [1.82, 2.24) is 20.9 Å². The van der Waals surface area contributed by atoms with Crippen LogP contribution in [-0.4, -0.2) is 92.3 Å². The number of piperazine rings is 1. The van der Waals surface area contributed by atoms with E-state index in [0.717, 1.165) is 18.1 Å². The van der Waals surface area contributed by atoms with E-state index in [1.54, 1.807) is 35.6 Å². The van der Waals surface area contributed by atoms with Crippen molar-refractivity contribution in [2.45, 2.75) is 24.7 Å². The van der Waals surface area contributed by atoms with Crippen molar-refractivity contribution in [2.24, 2.45) is 11.7 Å². The van der Waals surface area contributed by atoms with Gasteiger partial charge in [-0.2, -0.15) is 0 Å². The molecule has 3 aliphatic heterocycles. The third kappa shape index (κ3) is 3.71. The van der Waals surface area contributed by atoms with Crippen LogP contribution in [-0.2, 0) is 19.1 Å². The van der Waals surface area contributed by atoms with Crippen molar-refractivity contribution in [1.29, 1.82) is 0 Å². The maximum Gasteiger partial charge on any atom is 0.404 e. The lowest BCUT2D eigenvalue weighted by atomic mass is 9.82. The van der Waals surface area contributed by atoms with Gasteiger partial charge in [-0.3, -0.25) is 9.59 Å². The van der Waals surface area contributed by atoms with Gasteiger partial charge >= 0.3 is 6.09 Å². The third-order valence-corrected chi connectivity index (χ3v) is 8.84. The number of methoxy groups -OCH3 is 1. The predicted molar refractivity (Wildman–Crippen MR) is 123 cm³/mol. The Morgan fingerprint density at radius 3 is 2.66 bits per heavy atom. The van der Waals surface area contributed by atoms with Crippen LogP contribution >= 0.6 is 21.6 Å². The van der Waals surface area contributed by atoms with Gasteiger partial charge in [-0.05, 0) is 14.0 Å². The second-order valence-corrected chi connectivity index (χ2v) is 10.8. The summed E-state index contributed by atoms with van der Waals surface area (Å²) in [5.74, 6) is 0.721. The van der Waals surface area contributed by atoms with E-state index in [2.05, 4.69) is 16.0 Å². The highest BCUT2D eigenvalue weighted by atomic mass is 33.1. The summed E-state index contributed by atoms with van der Waals surface area (Å²) >= 11 is 0. The van der Waals surface area contributed by atoms with Crippen molar-refractivity contribution in [3.05, 3.63) is 22.5 Å². The van der Waals surface area contributed by atoms with Gasteiger partial charge in [0.15, 0.2) is 5.72 Å². The molecule has 2 saturated heterocycles. The minimum atomic E-state index is -0.953. The number of amides is 1. The molecular weight excluding hydrogens is 454 g/mol. The highest BCUT2D eigenvalue weighted by Crippen LogP contribution is 2.55. The van der Waals surface area contributed by atoms with E-state index in [4.69, 9.17) is 15.2 Å². The van der Waals surface area contributed by atoms with Crippen LogP contribution in [0.15, 0.2) is 22.5 Å². The number of allylic oxidation sites excluding steroid dienone is 2. The Morgan fingerprint density at radius 2 is 2.00 bits per heavy atom. The van der Waals surface area contributed by atoms with Gasteiger partial charge in [-0.1, -0.05) is 21.6 Å². The number of hydrogen-bond donors (Lipinski definition) is 4. The molecule has 176 valence electrons. The molecule has 5 N–H and O–H groups in total. The van der Waals surface area contributed by atoms with Crippen molar-refractivity contribution in [3.8, 4) is 0 Å². The van der Waals surface area contributed by atoms with Gasteiger partial charge in [0.1, 0.15) is 6.61 Å². The summed E-state index contributed by atoms with van der Waals surface area (Å²) in [6.45, 7) is 3.59. The monoisotopic (exact) mass is 483 g/mol. The van der Waals surface area contributed by atoms with Crippen molar-refractivity contribution >= 4 is 39.2 Å². The number of nitrogens with one attached hydrogen (secondary N) is 3. The predicted octanol–water partition coefficient (Wildman–Crippen LogP) is -0.419. The Bertz CT molecular complexity index is 894. The minimum Gasteiger partial charge on any atom is -0.449 e. The summed E-state index contributed by atoms with van der Waals surface area (Å²) in [6.07, 6.45) is -0.928.